The van der Waals surface area contributed by atoms with Crippen LogP contribution >= 0.6 is 11.8 Å². The molecule has 0 radical (unpaired) electrons. The van der Waals surface area contributed by atoms with Crippen LogP contribution in [-0.2, 0) is 23.6 Å². The molecule has 1 aliphatic heterocycles. The van der Waals surface area contributed by atoms with Gasteiger partial charge in [0.05, 0.1) is 12.4 Å². The van der Waals surface area contributed by atoms with E-state index >= 15 is 0 Å². The van der Waals surface area contributed by atoms with E-state index < -0.39 is 0 Å². The van der Waals surface area contributed by atoms with Gasteiger partial charge in [-0.2, -0.15) is 11.8 Å². The van der Waals surface area contributed by atoms with Crippen molar-refractivity contribution in [2.45, 2.75) is 25.8 Å². The summed E-state index contributed by atoms with van der Waals surface area (Å²) in [6.45, 7) is 4.46. The highest BCUT2D eigenvalue weighted by Crippen LogP contribution is 2.14. The Morgan fingerprint density at radius 3 is 3.31 bits per heavy atom. The molecule has 4 nitrogen and oxygen atoms in total. The molecule has 0 saturated carbocycles. The highest BCUT2D eigenvalue weighted by Gasteiger charge is 2.15. The van der Waals surface area contributed by atoms with E-state index in [0.717, 1.165) is 36.3 Å². The van der Waals surface area contributed by atoms with Crippen LogP contribution < -0.4 is 0 Å². The first kappa shape index (κ1) is 9.02. The number of hydrogen-bond acceptors (Lipinski definition) is 4. The molecule has 1 aliphatic rings. The van der Waals surface area contributed by atoms with Gasteiger partial charge in [0.25, 0.3) is 0 Å². The summed E-state index contributed by atoms with van der Waals surface area (Å²) in [5, 5.41) is 8.23. The lowest BCUT2D eigenvalue weighted by molar-refractivity contribution is 0.0808. The maximum absolute atomic E-state index is 5.28. The second-order valence-corrected chi connectivity index (χ2v) is 4.15. The lowest BCUT2D eigenvalue weighted by atomic mass is 10.5. The first-order valence-electron chi connectivity index (χ1n) is 4.48. The fourth-order valence-electron chi connectivity index (χ4n) is 1.36. The van der Waals surface area contributed by atoms with Gasteiger partial charge in [-0.25, -0.2) is 0 Å². The largest absolute Gasteiger partial charge is 0.372 e. The number of rotatable bonds is 3. The Labute approximate surface area is 81.7 Å². The normalized spacial score (nSPS) is 15.8. The van der Waals surface area contributed by atoms with Gasteiger partial charge in [0.15, 0.2) is 5.82 Å². The molecule has 2 rings (SSSR count). The van der Waals surface area contributed by atoms with Crippen LogP contribution in [0.15, 0.2) is 0 Å². The average molecular weight is 199 g/mol. The maximum Gasteiger partial charge on any atom is 0.159 e. The first-order chi connectivity index (χ1) is 6.42. The fourth-order valence-corrected chi connectivity index (χ4v) is 1.96. The van der Waals surface area contributed by atoms with Crippen LogP contribution in [-0.4, -0.2) is 27.1 Å². The van der Waals surface area contributed by atoms with Crippen molar-refractivity contribution in [3.63, 3.8) is 0 Å². The van der Waals surface area contributed by atoms with Crippen molar-refractivity contribution in [2.24, 2.45) is 0 Å². The topological polar surface area (TPSA) is 39.9 Å². The molecule has 72 valence electrons. The third-order valence-electron chi connectivity index (χ3n) is 2.03. The Kier molecular flexibility index (Phi) is 2.85. The van der Waals surface area contributed by atoms with Crippen molar-refractivity contribution < 1.29 is 4.74 Å². The summed E-state index contributed by atoms with van der Waals surface area (Å²) in [6.07, 6.45) is 0. The van der Waals surface area contributed by atoms with Gasteiger partial charge in [-0.15, -0.1) is 10.2 Å². The van der Waals surface area contributed by atoms with Gasteiger partial charge in [-0.1, -0.05) is 6.92 Å². The van der Waals surface area contributed by atoms with Crippen LogP contribution in [0.3, 0.4) is 0 Å². The summed E-state index contributed by atoms with van der Waals surface area (Å²) in [5.41, 5.74) is 0. The van der Waals surface area contributed by atoms with E-state index in [1.165, 1.54) is 0 Å². The number of ether oxygens (including phenoxy) is 1. The molecule has 13 heavy (non-hydrogen) atoms. The zero-order chi connectivity index (χ0) is 9.10. The maximum atomic E-state index is 5.28. The average Bonchev–Trinajstić information content (AvgIpc) is 2.58. The zero-order valence-corrected chi connectivity index (χ0v) is 8.51. The number of hydrogen-bond donors (Lipinski definition) is 0. The predicted molar refractivity (Wildman–Crippen MR) is 51.5 cm³/mol. The van der Waals surface area contributed by atoms with Crippen LogP contribution in [0.4, 0.5) is 0 Å². The SMILES string of the molecule is CCSCc1nnc2n1CCOC2. The highest BCUT2D eigenvalue weighted by molar-refractivity contribution is 7.98. The summed E-state index contributed by atoms with van der Waals surface area (Å²) in [6, 6.07) is 0. The highest BCUT2D eigenvalue weighted by atomic mass is 32.2. The number of thioether (sulfide) groups is 1. The molecule has 0 bridgehead atoms. The van der Waals surface area contributed by atoms with Crippen molar-refractivity contribution in [3.05, 3.63) is 11.6 Å². The van der Waals surface area contributed by atoms with E-state index in [2.05, 4.69) is 21.7 Å². The van der Waals surface area contributed by atoms with Gasteiger partial charge in [0.1, 0.15) is 12.4 Å². The van der Waals surface area contributed by atoms with Crippen LogP contribution in [0.2, 0.25) is 0 Å². The molecule has 0 N–H and O–H groups in total. The second-order valence-electron chi connectivity index (χ2n) is 2.87. The minimum Gasteiger partial charge on any atom is -0.372 e. The van der Waals surface area contributed by atoms with E-state index in [1.54, 1.807) is 0 Å². The fraction of sp³-hybridized carbons (Fsp3) is 0.750. The van der Waals surface area contributed by atoms with E-state index in [-0.39, 0.29) is 0 Å². The molecule has 5 heteroatoms. The molecule has 0 aromatic carbocycles. The van der Waals surface area contributed by atoms with Gasteiger partial charge in [-0.05, 0) is 5.75 Å². The Hall–Kier alpha value is -0.550. The Bertz CT molecular complexity index is 287. The van der Waals surface area contributed by atoms with Gasteiger partial charge in [0.2, 0.25) is 0 Å². The molecule has 0 aliphatic carbocycles. The predicted octanol–water partition coefficient (Wildman–Crippen LogP) is 1.06. The first-order valence-corrected chi connectivity index (χ1v) is 5.63. The molecule has 1 aromatic heterocycles. The van der Waals surface area contributed by atoms with Crippen molar-refractivity contribution in [1.29, 1.82) is 0 Å². The van der Waals surface area contributed by atoms with Gasteiger partial charge in [0, 0.05) is 6.54 Å². The van der Waals surface area contributed by atoms with Crippen LogP contribution in [0.5, 0.6) is 0 Å². The molecule has 0 unspecified atom stereocenters. The Morgan fingerprint density at radius 2 is 2.46 bits per heavy atom. The standard InChI is InChI=1S/C8H13N3OS/c1-2-13-6-8-10-9-7-5-12-4-3-11(7)8/h2-6H2,1H3. The Balaban J connectivity index is 2.12. The molecule has 0 saturated heterocycles. The van der Waals surface area contributed by atoms with E-state index in [0.29, 0.717) is 6.61 Å². The van der Waals surface area contributed by atoms with E-state index in [9.17, 15) is 0 Å². The van der Waals surface area contributed by atoms with Crippen molar-refractivity contribution in [3.8, 4) is 0 Å². The van der Waals surface area contributed by atoms with E-state index in [4.69, 9.17) is 4.74 Å². The summed E-state index contributed by atoms with van der Waals surface area (Å²) >= 11 is 1.87. The summed E-state index contributed by atoms with van der Waals surface area (Å²) < 4.78 is 7.46. The third-order valence-corrected chi connectivity index (χ3v) is 2.90. The molecule has 2 heterocycles. The number of nitrogens with zero attached hydrogens (tertiary/aromatic N) is 3. The number of aromatic nitrogens is 3. The van der Waals surface area contributed by atoms with Crippen LogP contribution in [0.1, 0.15) is 18.6 Å². The van der Waals surface area contributed by atoms with Crippen molar-refractivity contribution in [2.75, 3.05) is 12.4 Å². The Morgan fingerprint density at radius 1 is 1.54 bits per heavy atom. The molecule has 0 fully saturated rings. The zero-order valence-electron chi connectivity index (χ0n) is 7.69. The second kappa shape index (κ2) is 4.11. The van der Waals surface area contributed by atoms with Crippen molar-refractivity contribution >= 4 is 11.8 Å². The quantitative estimate of drug-likeness (QED) is 0.730. The minimum atomic E-state index is 0.615. The van der Waals surface area contributed by atoms with Crippen LogP contribution in [0.25, 0.3) is 0 Å². The van der Waals surface area contributed by atoms with Crippen LogP contribution in [0, 0.1) is 0 Å². The summed E-state index contributed by atoms with van der Waals surface area (Å²) in [7, 11) is 0. The number of fused-ring (bicyclic) bond motifs is 1. The van der Waals surface area contributed by atoms with Gasteiger partial charge >= 0.3 is 0 Å². The molecule has 0 spiro atoms. The lowest BCUT2D eigenvalue weighted by Crippen LogP contribution is -2.18. The smallest absolute Gasteiger partial charge is 0.159 e. The molecular formula is C8H13N3OS. The summed E-state index contributed by atoms with van der Waals surface area (Å²) in [4.78, 5) is 0. The minimum absolute atomic E-state index is 0.615. The molecule has 0 atom stereocenters. The molecule has 1 aromatic rings. The van der Waals surface area contributed by atoms with Crippen molar-refractivity contribution in [1.82, 2.24) is 14.8 Å². The van der Waals surface area contributed by atoms with E-state index in [1.807, 2.05) is 11.8 Å². The lowest BCUT2D eigenvalue weighted by Gasteiger charge is -2.14. The third kappa shape index (κ3) is 1.86. The molecule has 0 amide bonds. The van der Waals surface area contributed by atoms with Gasteiger partial charge < -0.3 is 9.30 Å². The van der Waals surface area contributed by atoms with Gasteiger partial charge in [-0.3, -0.25) is 0 Å². The monoisotopic (exact) mass is 199 g/mol. The molecular weight excluding hydrogens is 186 g/mol. The summed E-state index contributed by atoms with van der Waals surface area (Å²) in [5.74, 6) is 4.14.